The van der Waals surface area contributed by atoms with Gasteiger partial charge in [-0.1, -0.05) is 308 Å². The average molecular weight is 1050 g/mol. The van der Waals surface area contributed by atoms with E-state index in [1.807, 2.05) is 0 Å². The van der Waals surface area contributed by atoms with Crippen LogP contribution in [0.1, 0.15) is 367 Å². The summed E-state index contributed by atoms with van der Waals surface area (Å²) >= 11 is 0. The van der Waals surface area contributed by atoms with E-state index in [9.17, 15) is 14.4 Å². The van der Waals surface area contributed by atoms with Crippen molar-refractivity contribution < 1.29 is 28.6 Å². The molecule has 75 heavy (non-hydrogen) atoms. The van der Waals surface area contributed by atoms with Crippen molar-refractivity contribution in [2.75, 3.05) is 13.2 Å². The predicted molar refractivity (Wildman–Crippen MR) is 326 cm³/mol. The van der Waals surface area contributed by atoms with Gasteiger partial charge in [0.1, 0.15) is 13.2 Å². The molecule has 440 valence electrons. The Labute approximate surface area is 467 Å². The van der Waals surface area contributed by atoms with Gasteiger partial charge in [-0.2, -0.15) is 0 Å². The molecule has 6 heteroatoms. The number of carbonyl (C=O) groups excluding carboxylic acids is 3. The Morgan fingerprint density at radius 1 is 0.267 bits per heavy atom. The summed E-state index contributed by atoms with van der Waals surface area (Å²) in [6.07, 6.45) is 79.1. The standard InChI is InChI=1S/C69H128O6/c1-4-7-10-13-16-19-21-23-25-27-28-29-30-31-32-33-34-35-36-37-38-39-40-41-42-43-45-46-48-50-53-56-59-62-68(71)74-65-66(64-73-67(70)61-58-55-52-18-15-12-9-6-3)75-69(72)63-60-57-54-51-49-47-44-26-24-22-20-17-14-11-8-5-2/h20,22,26-28,44,66H,4-19,21,23-25,29-43,45-65H2,1-3H3/b22-20-,28-27-,44-26-. The highest BCUT2D eigenvalue weighted by atomic mass is 16.6. The first-order chi connectivity index (χ1) is 37.0. The maximum atomic E-state index is 12.8. The molecule has 0 aliphatic heterocycles. The Morgan fingerprint density at radius 2 is 0.480 bits per heavy atom. The third-order valence-corrected chi connectivity index (χ3v) is 15.1. The molecule has 0 amide bonds. The molecule has 0 aliphatic rings. The number of allylic oxidation sites excluding steroid dienone is 6. The number of esters is 3. The van der Waals surface area contributed by atoms with E-state index in [2.05, 4.69) is 57.2 Å². The van der Waals surface area contributed by atoms with Crippen LogP contribution in [0.3, 0.4) is 0 Å². The van der Waals surface area contributed by atoms with Crippen LogP contribution in [0.5, 0.6) is 0 Å². The summed E-state index contributed by atoms with van der Waals surface area (Å²) in [5.74, 6) is -0.871. The summed E-state index contributed by atoms with van der Waals surface area (Å²) in [7, 11) is 0. The van der Waals surface area contributed by atoms with E-state index >= 15 is 0 Å². The molecule has 0 aromatic rings. The quantitative estimate of drug-likeness (QED) is 0.0261. The zero-order valence-corrected chi connectivity index (χ0v) is 50.6. The van der Waals surface area contributed by atoms with Crippen LogP contribution in [0.15, 0.2) is 36.5 Å². The Balaban J connectivity index is 3.99. The third kappa shape index (κ3) is 62.4. The molecule has 1 unspecified atom stereocenters. The molecular weight excluding hydrogens is 925 g/mol. The molecule has 0 fully saturated rings. The van der Waals surface area contributed by atoms with Crippen LogP contribution in [-0.4, -0.2) is 37.2 Å². The Hall–Kier alpha value is -2.37. The fourth-order valence-electron chi connectivity index (χ4n) is 10.1. The van der Waals surface area contributed by atoms with Gasteiger partial charge in [-0.3, -0.25) is 14.4 Å². The van der Waals surface area contributed by atoms with Crippen molar-refractivity contribution >= 4 is 17.9 Å². The topological polar surface area (TPSA) is 78.9 Å². The highest BCUT2D eigenvalue weighted by Crippen LogP contribution is 2.18. The lowest BCUT2D eigenvalue weighted by atomic mass is 10.0. The third-order valence-electron chi connectivity index (χ3n) is 15.1. The first-order valence-electron chi connectivity index (χ1n) is 33.5. The van der Waals surface area contributed by atoms with E-state index in [-0.39, 0.29) is 31.1 Å². The van der Waals surface area contributed by atoms with Crippen molar-refractivity contribution in [2.24, 2.45) is 0 Å². The number of unbranched alkanes of at least 4 members (excludes halogenated alkanes) is 45. The molecule has 0 aromatic heterocycles. The highest BCUT2D eigenvalue weighted by molar-refractivity contribution is 5.71. The van der Waals surface area contributed by atoms with Crippen molar-refractivity contribution in [3.8, 4) is 0 Å². The minimum atomic E-state index is -0.775. The number of hydrogen-bond donors (Lipinski definition) is 0. The smallest absolute Gasteiger partial charge is 0.306 e. The zero-order chi connectivity index (χ0) is 54.3. The molecule has 0 heterocycles. The molecule has 0 rings (SSSR count). The van der Waals surface area contributed by atoms with Crippen molar-refractivity contribution in [1.29, 1.82) is 0 Å². The van der Waals surface area contributed by atoms with E-state index in [0.29, 0.717) is 19.3 Å². The largest absolute Gasteiger partial charge is 0.462 e. The molecule has 0 aliphatic carbocycles. The summed E-state index contributed by atoms with van der Waals surface area (Å²) in [6.45, 7) is 6.63. The van der Waals surface area contributed by atoms with Gasteiger partial charge in [-0.15, -0.1) is 0 Å². The van der Waals surface area contributed by atoms with Crippen LogP contribution in [0.4, 0.5) is 0 Å². The van der Waals surface area contributed by atoms with Gasteiger partial charge >= 0.3 is 17.9 Å². The number of carbonyl (C=O) groups is 3. The first kappa shape index (κ1) is 72.6. The van der Waals surface area contributed by atoms with Gasteiger partial charge in [0, 0.05) is 19.3 Å². The summed E-state index contributed by atoms with van der Waals surface area (Å²) in [6, 6.07) is 0. The lowest BCUT2D eigenvalue weighted by molar-refractivity contribution is -0.167. The predicted octanol–water partition coefficient (Wildman–Crippen LogP) is 22.8. The minimum Gasteiger partial charge on any atom is -0.462 e. The molecule has 0 radical (unpaired) electrons. The van der Waals surface area contributed by atoms with Gasteiger partial charge < -0.3 is 14.2 Å². The second kappa shape index (κ2) is 64.2. The normalized spacial score (nSPS) is 12.2. The maximum Gasteiger partial charge on any atom is 0.306 e. The zero-order valence-electron chi connectivity index (χ0n) is 50.6. The molecule has 0 spiro atoms. The maximum absolute atomic E-state index is 12.8. The van der Waals surface area contributed by atoms with Gasteiger partial charge in [0.15, 0.2) is 6.10 Å². The molecule has 0 bridgehead atoms. The summed E-state index contributed by atoms with van der Waals surface area (Å²) in [5.41, 5.74) is 0. The second-order valence-electron chi connectivity index (χ2n) is 22.7. The van der Waals surface area contributed by atoms with E-state index in [1.165, 1.54) is 250 Å². The van der Waals surface area contributed by atoms with Crippen molar-refractivity contribution in [1.82, 2.24) is 0 Å². The number of ether oxygens (including phenoxy) is 3. The van der Waals surface area contributed by atoms with E-state index in [4.69, 9.17) is 14.2 Å². The van der Waals surface area contributed by atoms with Gasteiger partial charge in [0.25, 0.3) is 0 Å². The summed E-state index contributed by atoms with van der Waals surface area (Å²) < 4.78 is 16.8. The van der Waals surface area contributed by atoms with E-state index in [1.54, 1.807) is 0 Å². The van der Waals surface area contributed by atoms with Crippen LogP contribution < -0.4 is 0 Å². The van der Waals surface area contributed by atoms with E-state index in [0.717, 1.165) is 77.0 Å². The van der Waals surface area contributed by atoms with Crippen LogP contribution in [0.2, 0.25) is 0 Å². The Kier molecular flexibility index (Phi) is 62.1. The Morgan fingerprint density at radius 3 is 0.760 bits per heavy atom. The first-order valence-corrected chi connectivity index (χ1v) is 33.5. The highest BCUT2D eigenvalue weighted by Gasteiger charge is 2.19. The van der Waals surface area contributed by atoms with Crippen LogP contribution >= 0.6 is 0 Å². The van der Waals surface area contributed by atoms with Crippen LogP contribution in [0, 0.1) is 0 Å². The lowest BCUT2D eigenvalue weighted by Gasteiger charge is -2.18. The molecule has 0 saturated heterocycles. The molecule has 1 atom stereocenters. The van der Waals surface area contributed by atoms with E-state index < -0.39 is 6.10 Å². The van der Waals surface area contributed by atoms with Crippen LogP contribution in [-0.2, 0) is 28.6 Å². The molecule has 0 aromatic carbocycles. The number of rotatable bonds is 62. The fraction of sp³-hybridized carbons (Fsp3) is 0.870. The number of hydrogen-bond acceptors (Lipinski definition) is 6. The fourth-order valence-corrected chi connectivity index (χ4v) is 10.1. The SMILES string of the molecule is CCCCCC/C=C\C/C=C\CCCCCCCC(=O)OC(COC(=O)CCCCCCCCCC)COC(=O)CCCCCCCCCCCCCCCCCCCCCCC/C=C\CCCCCCCCCC. The minimum absolute atomic E-state index is 0.0732. The van der Waals surface area contributed by atoms with Gasteiger partial charge in [-0.05, 0) is 77.0 Å². The van der Waals surface area contributed by atoms with Gasteiger partial charge in [-0.25, -0.2) is 0 Å². The Bertz CT molecular complexity index is 1250. The molecular formula is C69H128O6. The molecule has 0 saturated carbocycles. The molecule has 0 N–H and O–H groups in total. The lowest BCUT2D eigenvalue weighted by Crippen LogP contribution is -2.30. The molecule has 6 nitrogen and oxygen atoms in total. The monoisotopic (exact) mass is 1050 g/mol. The van der Waals surface area contributed by atoms with Crippen molar-refractivity contribution in [3.05, 3.63) is 36.5 Å². The van der Waals surface area contributed by atoms with Crippen molar-refractivity contribution in [2.45, 2.75) is 374 Å². The average Bonchev–Trinajstić information content (AvgIpc) is 3.41. The van der Waals surface area contributed by atoms with Crippen LogP contribution in [0.25, 0.3) is 0 Å². The van der Waals surface area contributed by atoms with Gasteiger partial charge in [0.05, 0.1) is 0 Å². The van der Waals surface area contributed by atoms with Crippen molar-refractivity contribution in [3.63, 3.8) is 0 Å². The summed E-state index contributed by atoms with van der Waals surface area (Å²) in [4.78, 5) is 38.1. The van der Waals surface area contributed by atoms with Gasteiger partial charge in [0.2, 0.25) is 0 Å². The summed E-state index contributed by atoms with van der Waals surface area (Å²) in [5, 5.41) is 0. The second-order valence-corrected chi connectivity index (χ2v) is 22.7.